The van der Waals surface area contributed by atoms with E-state index < -0.39 is 4.92 Å². The summed E-state index contributed by atoms with van der Waals surface area (Å²) in [4.78, 5) is 14.9. The van der Waals surface area contributed by atoms with Crippen molar-refractivity contribution in [2.75, 3.05) is 11.9 Å². The van der Waals surface area contributed by atoms with E-state index in [2.05, 4.69) is 26.2 Å². The normalized spacial score (nSPS) is 24.1. The molecule has 2 aliphatic rings. The van der Waals surface area contributed by atoms with Crippen molar-refractivity contribution >= 4 is 27.4 Å². The number of pyridine rings is 1. The van der Waals surface area contributed by atoms with Crippen LogP contribution in [0.5, 0.6) is 0 Å². The summed E-state index contributed by atoms with van der Waals surface area (Å²) < 4.78 is 6.60. The molecule has 2 heterocycles. The minimum Gasteiger partial charge on any atom is -0.375 e. The van der Waals surface area contributed by atoms with Crippen molar-refractivity contribution in [2.45, 2.75) is 50.2 Å². The molecule has 1 saturated carbocycles. The minimum absolute atomic E-state index is 0.0105. The highest BCUT2D eigenvalue weighted by Crippen LogP contribution is 2.41. The number of aromatic nitrogens is 1. The highest BCUT2D eigenvalue weighted by atomic mass is 79.9. The van der Waals surface area contributed by atoms with Crippen LogP contribution in [0.2, 0.25) is 0 Å². The molecule has 1 atom stereocenters. The van der Waals surface area contributed by atoms with Crippen LogP contribution in [0.1, 0.15) is 38.5 Å². The number of ether oxygens (including phenoxy) is 1. The average Bonchev–Trinajstić information content (AvgIpc) is 2.88. The molecule has 7 heteroatoms. The second-order valence-corrected chi connectivity index (χ2v) is 6.77. The van der Waals surface area contributed by atoms with Gasteiger partial charge in [0.15, 0.2) is 0 Å². The molecule has 0 bridgehead atoms. The summed E-state index contributed by atoms with van der Waals surface area (Å²) in [6.45, 7) is 0.710. The van der Waals surface area contributed by atoms with Crippen molar-refractivity contribution in [3.8, 4) is 0 Å². The van der Waals surface area contributed by atoms with Crippen LogP contribution in [0.4, 0.5) is 11.5 Å². The SMILES string of the molecule is O=[N+]([O-])c1cc(Br)cnc1NC1CCOC2(CCCC2)C1. The summed E-state index contributed by atoms with van der Waals surface area (Å²) in [5.74, 6) is 0.350. The zero-order valence-electron chi connectivity index (χ0n) is 11.7. The van der Waals surface area contributed by atoms with E-state index in [1.807, 2.05) is 0 Å². The Kier molecular flexibility index (Phi) is 4.12. The Hall–Kier alpha value is -1.21. The Labute approximate surface area is 131 Å². The predicted octanol–water partition coefficient (Wildman–Crippen LogP) is 3.66. The molecule has 3 rings (SSSR count). The van der Waals surface area contributed by atoms with Crippen molar-refractivity contribution in [3.63, 3.8) is 0 Å². The van der Waals surface area contributed by atoms with E-state index in [9.17, 15) is 10.1 Å². The number of nitro groups is 1. The van der Waals surface area contributed by atoms with Crippen LogP contribution in [-0.4, -0.2) is 28.2 Å². The highest BCUT2D eigenvalue weighted by molar-refractivity contribution is 9.10. The Bertz CT molecular complexity index is 546. The standard InChI is InChI=1S/C14H18BrN3O3/c15-10-7-12(18(19)20)13(16-9-10)17-11-3-6-21-14(8-11)4-1-2-5-14/h7,9,11H,1-6,8H2,(H,16,17). The molecule has 1 aromatic heterocycles. The molecule has 0 amide bonds. The molecule has 1 aliphatic heterocycles. The van der Waals surface area contributed by atoms with Gasteiger partial charge < -0.3 is 10.1 Å². The summed E-state index contributed by atoms with van der Waals surface area (Å²) in [5.41, 5.74) is -0.00333. The molecular formula is C14H18BrN3O3. The lowest BCUT2D eigenvalue weighted by molar-refractivity contribution is -0.384. The molecule has 21 heavy (non-hydrogen) atoms. The number of rotatable bonds is 3. The van der Waals surface area contributed by atoms with Crippen LogP contribution >= 0.6 is 15.9 Å². The third-order valence-electron chi connectivity index (χ3n) is 4.38. The number of nitrogens with one attached hydrogen (secondary N) is 1. The smallest absolute Gasteiger partial charge is 0.312 e. The second-order valence-electron chi connectivity index (χ2n) is 5.85. The van der Waals surface area contributed by atoms with Gasteiger partial charge in [0.1, 0.15) is 0 Å². The minimum atomic E-state index is -0.398. The summed E-state index contributed by atoms with van der Waals surface area (Å²) in [7, 11) is 0. The van der Waals surface area contributed by atoms with Gasteiger partial charge in [0.05, 0.1) is 10.5 Å². The Morgan fingerprint density at radius 3 is 2.95 bits per heavy atom. The quantitative estimate of drug-likeness (QED) is 0.661. The lowest BCUT2D eigenvalue weighted by Gasteiger charge is -2.38. The van der Waals surface area contributed by atoms with Gasteiger partial charge in [-0.3, -0.25) is 10.1 Å². The van der Waals surface area contributed by atoms with Crippen molar-refractivity contribution in [2.24, 2.45) is 0 Å². The molecule has 1 aliphatic carbocycles. The lowest BCUT2D eigenvalue weighted by atomic mass is 9.89. The molecule has 1 saturated heterocycles. The maximum absolute atomic E-state index is 11.1. The molecule has 6 nitrogen and oxygen atoms in total. The molecular weight excluding hydrogens is 338 g/mol. The first-order valence-corrected chi connectivity index (χ1v) is 8.08. The second kappa shape index (κ2) is 5.88. The number of hydrogen-bond donors (Lipinski definition) is 1. The molecule has 0 radical (unpaired) electrons. The van der Waals surface area contributed by atoms with E-state index in [1.54, 1.807) is 6.20 Å². The third kappa shape index (κ3) is 3.18. The lowest BCUT2D eigenvalue weighted by Crippen LogP contribution is -2.42. The van der Waals surface area contributed by atoms with Gasteiger partial charge in [-0.05, 0) is 41.6 Å². The summed E-state index contributed by atoms with van der Waals surface area (Å²) in [5, 5.41) is 14.4. The van der Waals surface area contributed by atoms with Crippen LogP contribution in [-0.2, 0) is 4.74 Å². The molecule has 1 unspecified atom stereocenters. The van der Waals surface area contributed by atoms with Gasteiger partial charge in [-0.1, -0.05) is 12.8 Å². The van der Waals surface area contributed by atoms with Crippen molar-refractivity contribution in [3.05, 3.63) is 26.9 Å². The van der Waals surface area contributed by atoms with Gasteiger partial charge >= 0.3 is 5.69 Å². The van der Waals surface area contributed by atoms with E-state index in [0.717, 1.165) is 25.7 Å². The van der Waals surface area contributed by atoms with E-state index in [1.165, 1.54) is 18.9 Å². The summed E-state index contributed by atoms with van der Waals surface area (Å²) in [6, 6.07) is 1.67. The predicted molar refractivity (Wildman–Crippen MR) is 82.4 cm³/mol. The van der Waals surface area contributed by atoms with Gasteiger partial charge in [0.2, 0.25) is 5.82 Å². The maximum atomic E-state index is 11.1. The van der Waals surface area contributed by atoms with Gasteiger partial charge in [-0.15, -0.1) is 0 Å². The largest absolute Gasteiger partial charge is 0.375 e. The van der Waals surface area contributed by atoms with Crippen LogP contribution in [0.15, 0.2) is 16.7 Å². The van der Waals surface area contributed by atoms with Crippen molar-refractivity contribution in [1.29, 1.82) is 0 Å². The first-order chi connectivity index (χ1) is 10.1. The fourth-order valence-corrected chi connectivity index (χ4v) is 3.71. The Morgan fingerprint density at radius 1 is 1.48 bits per heavy atom. The fourth-order valence-electron chi connectivity index (χ4n) is 3.39. The maximum Gasteiger partial charge on any atom is 0.312 e. The van der Waals surface area contributed by atoms with E-state index in [0.29, 0.717) is 16.9 Å². The topological polar surface area (TPSA) is 77.3 Å². The van der Waals surface area contributed by atoms with Gasteiger partial charge in [0.25, 0.3) is 0 Å². The summed E-state index contributed by atoms with van der Waals surface area (Å²) in [6.07, 6.45) is 7.97. The van der Waals surface area contributed by atoms with E-state index >= 15 is 0 Å². The van der Waals surface area contributed by atoms with Crippen molar-refractivity contribution < 1.29 is 9.66 Å². The first kappa shape index (κ1) is 14.7. The van der Waals surface area contributed by atoms with Gasteiger partial charge in [-0.25, -0.2) is 4.98 Å². The average molecular weight is 356 g/mol. The number of anilines is 1. The van der Waals surface area contributed by atoms with Crippen LogP contribution in [0.3, 0.4) is 0 Å². The number of hydrogen-bond acceptors (Lipinski definition) is 5. The third-order valence-corrected chi connectivity index (χ3v) is 4.81. The first-order valence-electron chi connectivity index (χ1n) is 7.28. The van der Waals surface area contributed by atoms with Crippen molar-refractivity contribution in [1.82, 2.24) is 4.98 Å². The molecule has 1 N–H and O–H groups in total. The molecule has 2 fully saturated rings. The molecule has 114 valence electrons. The fraction of sp³-hybridized carbons (Fsp3) is 0.643. The van der Waals surface area contributed by atoms with E-state index in [-0.39, 0.29) is 17.3 Å². The molecule has 1 aromatic rings. The highest BCUT2D eigenvalue weighted by Gasteiger charge is 2.40. The van der Waals surface area contributed by atoms with Gasteiger partial charge in [-0.2, -0.15) is 0 Å². The van der Waals surface area contributed by atoms with Crippen LogP contribution < -0.4 is 5.32 Å². The Morgan fingerprint density at radius 2 is 2.24 bits per heavy atom. The molecule has 1 spiro atoms. The van der Waals surface area contributed by atoms with Gasteiger partial charge in [0, 0.05) is 29.4 Å². The monoisotopic (exact) mass is 355 g/mol. The summed E-state index contributed by atoms with van der Waals surface area (Å²) >= 11 is 3.22. The number of halogens is 1. The Balaban J connectivity index is 1.75. The molecule has 0 aromatic carbocycles. The zero-order valence-corrected chi connectivity index (χ0v) is 13.3. The number of nitrogens with zero attached hydrogens (tertiary/aromatic N) is 2. The van der Waals surface area contributed by atoms with Crippen LogP contribution in [0, 0.1) is 10.1 Å². The van der Waals surface area contributed by atoms with Crippen LogP contribution in [0.25, 0.3) is 0 Å². The van der Waals surface area contributed by atoms with E-state index in [4.69, 9.17) is 4.74 Å². The zero-order chi connectivity index (χ0) is 14.9.